The summed E-state index contributed by atoms with van der Waals surface area (Å²) >= 11 is 3.48. The number of likely N-dealkylation sites (tertiary alicyclic amines) is 1. The van der Waals surface area contributed by atoms with Gasteiger partial charge in [-0.15, -0.1) is 0 Å². The summed E-state index contributed by atoms with van der Waals surface area (Å²) in [5.41, 5.74) is 2.00. The summed E-state index contributed by atoms with van der Waals surface area (Å²) in [6.07, 6.45) is 1.89. The number of piperidine rings is 1. The number of anilines is 1. The third kappa shape index (κ3) is 4.77. The summed E-state index contributed by atoms with van der Waals surface area (Å²) in [5.74, 6) is 1.34. The van der Waals surface area contributed by atoms with Crippen molar-refractivity contribution in [2.75, 3.05) is 31.6 Å². The van der Waals surface area contributed by atoms with Gasteiger partial charge in [-0.2, -0.15) is 0 Å². The van der Waals surface area contributed by atoms with Crippen LogP contribution >= 0.6 is 15.9 Å². The largest absolute Gasteiger partial charge is 0.486 e. The van der Waals surface area contributed by atoms with Gasteiger partial charge in [0.25, 0.3) is 0 Å². The van der Waals surface area contributed by atoms with E-state index in [0.29, 0.717) is 30.4 Å². The predicted octanol–water partition coefficient (Wildman–Crippen LogP) is 4.01. The number of carbonyl (C=O) groups is 1. The zero-order chi connectivity index (χ0) is 19.3. The summed E-state index contributed by atoms with van der Waals surface area (Å²) in [4.78, 5) is 14.9. The van der Waals surface area contributed by atoms with Gasteiger partial charge in [-0.05, 0) is 34.3 Å². The molecule has 2 aromatic rings. The van der Waals surface area contributed by atoms with Crippen molar-refractivity contribution in [2.24, 2.45) is 0 Å². The average Bonchev–Trinajstić information content (AvgIpc) is 2.71. The standard InChI is InChI=1S/C21H24BrN3O3/c22-17-12-19-20(28-11-10-27-19)13-18(17)24-21(26)23-16-6-8-25(9-7-16)14-15-4-2-1-3-5-15/h1-5,12-13,16H,6-11,14H2,(H2,23,24,26). The number of nitrogens with one attached hydrogen (secondary N) is 2. The maximum absolute atomic E-state index is 12.4. The molecule has 1 fully saturated rings. The molecular weight excluding hydrogens is 422 g/mol. The Morgan fingerprint density at radius 3 is 2.46 bits per heavy atom. The summed E-state index contributed by atoms with van der Waals surface area (Å²) < 4.78 is 11.9. The average molecular weight is 446 g/mol. The topological polar surface area (TPSA) is 62.8 Å². The van der Waals surface area contributed by atoms with Crippen LogP contribution < -0.4 is 20.1 Å². The van der Waals surface area contributed by atoms with Crippen molar-refractivity contribution in [3.8, 4) is 11.5 Å². The van der Waals surface area contributed by atoms with E-state index in [1.165, 1.54) is 5.56 Å². The molecule has 6 nitrogen and oxygen atoms in total. The van der Waals surface area contributed by atoms with Crippen LogP contribution in [0.25, 0.3) is 0 Å². The first-order valence-corrected chi connectivity index (χ1v) is 10.4. The molecule has 0 saturated carbocycles. The van der Waals surface area contributed by atoms with Crippen LogP contribution in [-0.2, 0) is 6.54 Å². The molecule has 0 unspecified atom stereocenters. The minimum Gasteiger partial charge on any atom is -0.486 e. The first-order valence-electron chi connectivity index (χ1n) is 9.60. The molecule has 7 heteroatoms. The van der Waals surface area contributed by atoms with Gasteiger partial charge in [0.2, 0.25) is 0 Å². The highest BCUT2D eigenvalue weighted by Gasteiger charge is 2.22. The number of amides is 2. The molecule has 2 aliphatic rings. The van der Waals surface area contributed by atoms with Crippen molar-refractivity contribution in [3.63, 3.8) is 0 Å². The van der Waals surface area contributed by atoms with E-state index in [2.05, 4.69) is 55.7 Å². The van der Waals surface area contributed by atoms with Crippen LogP contribution in [0.2, 0.25) is 0 Å². The molecule has 0 aliphatic carbocycles. The third-order valence-electron chi connectivity index (χ3n) is 5.05. The number of urea groups is 1. The molecule has 2 amide bonds. The smallest absolute Gasteiger partial charge is 0.319 e. The summed E-state index contributed by atoms with van der Waals surface area (Å²) in [6, 6.07) is 14.1. The number of hydrogen-bond donors (Lipinski definition) is 2. The Morgan fingerprint density at radius 1 is 1.07 bits per heavy atom. The van der Waals surface area contributed by atoms with Gasteiger partial charge in [-0.3, -0.25) is 4.90 Å². The molecule has 0 spiro atoms. The Balaban J connectivity index is 1.27. The molecule has 2 N–H and O–H groups in total. The van der Waals surface area contributed by atoms with Gasteiger partial charge in [-0.1, -0.05) is 30.3 Å². The van der Waals surface area contributed by atoms with Crippen LogP contribution in [0.1, 0.15) is 18.4 Å². The van der Waals surface area contributed by atoms with Crippen molar-refractivity contribution in [3.05, 3.63) is 52.5 Å². The maximum Gasteiger partial charge on any atom is 0.319 e. The van der Waals surface area contributed by atoms with Crippen molar-refractivity contribution < 1.29 is 14.3 Å². The number of halogens is 1. The summed E-state index contributed by atoms with van der Waals surface area (Å²) in [6.45, 7) is 3.97. The highest BCUT2D eigenvalue weighted by Crippen LogP contribution is 2.38. The van der Waals surface area contributed by atoms with Gasteiger partial charge >= 0.3 is 6.03 Å². The Labute approximate surface area is 173 Å². The zero-order valence-electron chi connectivity index (χ0n) is 15.6. The number of fused-ring (bicyclic) bond motifs is 1. The molecule has 0 radical (unpaired) electrons. The lowest BCUT2D eigenvalue weighted by atomic mass is 10.0. The maximum atomic E-state index is 12.4. The minimum atomic E-state index is -0.195. The molecule has 0 atom stereocenters. The van der Waals surface area contributed by atoms with E-state index in [1.807, 2.05) is 12.1 Å². The number of carbonyl (C=O) groups excluding carboxylic acids is 1. The molecule has 28 heavy (non-hydrogen) atoms. The molecule has 2 heterocycles. The molecule has 1 saturated heterocycles. The second-order valence-corrected chi connectivity index (χ2v) is 7.96. The molecular formula is C21H24BrN3O3. The number of benzene rings is 2. The molecule has 148 valence electrons. The van der Waals surface area contributed by atoms with E-state index in [4.69, 9.17) is 9.47 Å². The van der Waals surface area contributed by atoms with E-state index in [0.717, 1.165) is 36.9 Å². The van der Waals surface area contributed by atoms with E-state index in [-0.39, 0.29) is 12.1 Å². The van der Waals surface area contributed by atoms with Gasteiger partial charge in [0, 0.05) is 42.3 Å². The van der Waals surface area contributed by atoms with Gasteiger partial charge in [0.1, 0.15) is 13.2 Å². The van der Waals surface area contributed by atoms with E-state index in [9.17, 15) is 4.79 Å². The van der Waals surface area contributed by atoms with Crippen LogP contribution in [0.15, 0.2) is 46.9 Å². The van der Waals surface area contributed by atoms with Gasteiger partial charge < -0.3 is 20.1 Å². The quantitative estimate of drug-likeness (QED) is 0.746. The van der Waals surface area contributed by atoms with Gasteiger partial charge in [-0.25, -0.2) is 4.79 Å². The first kappa shape index (κ1) is 19.1. The van der Waals surface area contributed by atoms with Crippen LogP contribution in [0, 0.1) is 0 Å². The third-order valence-corrected chi connectivity index (χ3v) is 5.71. The van der Waals surface area contributed by atoms with E-state index >= 15 is 0 Å². The Kier molecular flexibility index (Phi) is 6.02. The van der Waals surface area contributed by atoms with E-state index in [1.54, 1.807) is 6.07 Å². The van der Waals surface area contributed by atoms with Crippen molar-refractivity contribution in [1.29, 1.82) is 0 Å². The Bertz CT molecular complexity index is 823. The number of nitrogens with zero attached hydrogens (tertiary/aromatic N) is 1. The number of hydrogen-bond acceptors (Lipinski definition) is 4. The normalized spacial score (nSPS) is 17.2. The highest BCUT2D eigenvalue weighted by atomic mass is 79.9. The van der Waals surface area contributed by atoms with Crippen LogP contribution in [0.4, 0.5) is 10.5 Å². The second-order valence-electron chi connectivity index (χ2n) is 7.11. The molecule has 4 rings (SSSR count). The van der Waals surface area contributed by atoms with Crippen molar-refractivity contribution in [2.45, 2.75) is 25.4 Å². The molecule has 0 bridgehead atoms. The molecule has 2 aliphatic heterocycles. The van der Waals surface area contributed by atoms with E-state index < -0.39 is 0 Å². The van der Waals surface area contributed by atoms with Gasteiger partial charge in [0.05, 0.1) is 5.69 Å². The number of rotatable bonds is 4. The first-order chi connectivity index (χ1) is 13.7. The van der Waals surface area contributed by atoms with Crippen LogP contribution in [-0.4, -0.2) is 43.3 Å². The monoisotopic (exact) mass is 445 g/mol. The fraction of sp³-hybridized carbons (Fsp3) is 0.381. The summed E-state index contributed by atoms with van der Waals surface area (Å²) in [5, 5.41) is 6.00. The van der Waals surface area contributed by atoms with Crippen LogP contribution in [0.3, 0.4) is 0 Å². The lowest BCUT2D eigenvalue weighted by molar-refractivity contribution is 0.171. The fourth-order valence-corrected chi connectivity index (χ4v) is 4.00. The summed E-state index contributed by atoms with van der Waals surface area (Å²) in [7, 11) is 0. The zero-order valence-corrected chi connectivity index (χ0v) is 17.2. The van der Waals surface area contributed by atoms with Gasteiger partial charge in [0.15, 0.2) is 11.5 Å². The lowest BCUT2D eigenvalue weighted by Crippen LogP contribution is -2.45. The fourth-order valence-electron chi connectivity index (χ4n) is 3.58. The number of ether oxygens (including phenoxy) is 2. The minimum absolute atomic E-state index is 0.183. The SMILES string of the molecule is O=C(Nc1cc2c(cc1Br)OCCO2)NC1CCN(Cc2ccccc2)CC1. The molecule has 0 aromatic heterocycles. The Hall–Kier alpha value is -2.25. The van der Waals surface area contributed by atoms with Crippen molar-refractivity contribution >= 4 is 27.6 Å². The lowest BCUT2D eigenvalue weighted by Gasteiger charge is -2.32. The predicted molar refractivity (Wildman–Crippen MR) is 112 cm³/mol. The highest BCUT2D eigenvalue weighted by molar-refractivity contribution is 9.10. The van der Waals surface area contributed by atoms with Crippen molar-refractivity contribution in [1.82, 2.24) is 10.2 Å². The Morgan fingerprint density at radius 2 is 1.75 bits per heavy atom. The second kappa shape index (κ2) is 8.84. The molecule has 2 aromatic carbocycles. The van der Waals surface area contributed by atoms with Crippen LogP contribution in [0.5, 0.6) is 11.5 Å².